The van der Waals surface area contributed by atoms with Gasteiger partial charge in [-0.2, -0.15) is 0 Å². The maximum Gasteiger partial charge on any atom is 0.345 e. The first kappa shape index (κ1) is 17.3. The molecule has 0 aliphatic carbocycles. The average molecular weight is 343 g/mol. The maximum atomic E-state index is 12.1. The fraction of sp³-hybridized carbons (Fsp3) is 0.0455. The number of benzene rings is 2. The van der Waals surface area contributed by atoms with E-state index in [1.54, 1.807) is 48.7 Å². The summed E-state index contributed by atoms with van der Waals surface area (Å²) in [6.07, 6.45) is 6.31. The molecule has 0 N–H and O–H groups in total. The highest BCUT2D eigenvalue weighted by molar-refractivity contribution is 6.06. The minimum absolute atomic E-state index is 0.0583. The molecule has 0 bridgehead atoms. The van der Waals surface area contributed by atoms with Crippen LogP contribution in [-0.4, -0.2) is 16.7 Å². The predicted octanol–water partition coefficient (Wildman–Crippen LogP) is 4.51. The van der Waals surface area contributed by atoms with Crippen LogP contribution < -0.4 is 4.74 Å². The Hall–Kier alpha value is -3.53. The highest BCUT2D eigenvalue weighted by Crippen LogP contribution is 2.15. The van der Waals surface area contributed by atoms with Crippen molar-refractivity contribution in [2.45, 2.75) is 6.92 Å². The van der Waals surface area contributed by atoms with Crippen LogP contribution in [0, 0.1) is 6.92 Å². The highest BCUT2D eigenvalue weighted by atomic mass is 16.5. The van der Waals surface area contributed by atoms with Gasteiger partial charge in [0.2, 0.25) is 0 Å². The van der Waals surface area contributed by atoms with Gasteiger partial charge in [0, 0.05) is 18.0 Å². The van der Waals surface area contributed by atoms with Crippen molar-refractivity contribution in [3.63, 3.8) is 0 Å². The Labute approximate surface area is 151 Å². The van der Waals surface area contributed by atoms with E-state index < -0.39 is 5.97 Å². The number of aryl methyl sites for hydroxylation is 1. The van der Waals surface area contributed by atoms with E-state index in [0.717, 1.165) is 11.1 Å². The van der Waals surface area contributed by atoms with Gasteiger partial charge in [0.25, 0.3) is 0 Å². The number of nitrogens with zero attached hydrogens (tertiary/aromatic N) is 1. The van der Waals surface area contributed by atoms with Crippen LogP contribution in [-0.2, 0) is 0 Å². The van der Waals surface area contributed by atoms with Crippen LogP contribution in [0.1, 0.15) is 31.8 Å². The van der Waals surface area contributed by atoms with Crippen molar-refractivity contribution in [1.82, 2.24) is 4.98 Å². The smallest absolute Gasteiger partial charge is 0.345 e. The van der Waals surface area contributed by atoms with E-state index in [4.69, 9.17) is 4.74 Å². The molecule has 0 spiro atoms. The van der Waals surface area contributed by atoms with Gasteiger partial charge >= 0.3 is 5.97 Å². The molecule has 0 aliphatic heterocycles. The summed E-state index contributed by atoms with van der Waals surface area (Å²) in [5.74, 6) is -0.0890. The van der Waals surface area contributed by atoms with Gasteiger partial charge in [-0.05, 0) is 42.8 Å². The monoisotopic (exact) mass is 343 g/mol. The van der Waals surface area contributed by atoms with Gasteiger partial charge in [-0.25, -0.2) is 4.79 Å². The summed E-state index contributed by atoms with van der Waals surface area (Å²) in [6, 6.07) is 17.7. The molecule has 4 heteroatoms. The van der Waals surface area contributed by atoms with Crippen molar-refractivity contribution in [2.24, 2.45) is 0 Å². The van der Waals surface area contributed by atoms with Crippen LogP contribution in [0.3, 0.4) is 0 Å². The van der Waals surface area contributed by atoms with Gasteiger partial charge in [-0.1, -0.05) is 48.0 Å². The van der Waals surface area contributed by atoms with Crippen LogP contribution >= 0.6 is 0 Å². The minimum atomic E-state index is -0.462. The summed E-state index contributed by atoms with van der Waals surface area (Å²) in [7, 11) is 0. The number of pyridine rings is 1. The molecule has 1 heterocycles. The quantitative estimate of drug-likeness (QED) is 0.296. The average Bonchev–Trinajstić information content (AvgIpc) is 2.68. The van der Waals surface area contributed by atoms with E-state index in [0.29, 0.717) is 16.9 Å². The topological polar surface area (TPSA) is 56.3 Å². The number of hydrogen-bond donors (Lipinski definition) is 0. The Bertz CT molecular complexity index is 927. The third kappa shape index (κ3) is 4.51. The normalized spacial score (nSPS) is 10.7. The number of rotatable bonds is 5. The van der Waals surface area contributed by atoms with Gasteiger partial charge in [0.05, 0.1) is 5.56 Å². The molecule has 3 aromatic rings. The van der Waals surface area contributed by atoms with Gasteiger partial charge in [-0.3, -0.25) is 9.78 Å². The first-order chi connectivity index (χ1) is 12.6. The molecule has 4 nitrogen and oxygen atoms in total. The molecule has 0 unspecified atom stereocenters. The molecule has 0 radical (unpaired) electrons. The molecule has 3 rings (SSSR count). The van der Waals surface area contributed by atoms with Crippen molar-refractivity contribution in [2.75, 3.05) is 0 Å². The molecular formula is C22H17NO3. The van der Waals surface area contributed by atoms with Crippen molar-refractivity contribution < 1.29 is 14.3 Å². The lowest BCUT2D eigenvalue weighted by Gasteiger charge is -2.04. The fourth-order valence-corrected chi connectivity index (χ4v) is 2.28. The zero-order chi connectivity index (χ0) is 18.4. The van der Waals surface area contributed by atoms with E-state index >= 15 is 0 Å². The largest absolute Gasteiger partial charge is 0.423 e. The van der Waals surface area contributed by atoms with Crippen LogP contribution in [0.15, 0.2) is 79.1 Å². The second kappa shape index (κ2) is 8.03. The van der Waals surface area contributed by atoms with E-state index in [2.05, 4.69) is 4.98 Å². The Morgan fingerprint density at radius 2 is 1.65 bits per heavy atom. The number of carbonyl (C=O) groups excluding carboxylic acids is 2. The van der Waals surface area contributed by atoms with Crippen LogP contribution in [0.4, 0.5) is 0 Å². The van der Waals surface area contributed by atoms with Gasteiger partial charge in [-0.15, -0.1) is 0 Å². The van der Waals surface area contributed by atoms with E-state index in [-0.39, 0.29) is 5.78 Å². The number of aromatic nitrogens is 1. The number of ether oxygens (including phenoxy) is 1. The van der Waals surface area contributed by atoms with Gasteiger partial charge in [0.1, 0.15) is 5.75 Å². The molecular weight excluding hydrogens is 326 g/mol. The van der Waals surface area contributed by atoms with Crippen LogP contribution in [0.2, 0.25) is 0 Å². The lowest BCUT2D eigenvalue weighted by molar-refractivity contribution is 0.0734. The van der Waals surface area contributed by atoms with Crippen LogP contribution in [0.25, 0.3) is 6.08 Å². The molecule has 0 aliphatic rings. The zero-order valence-electron chi connectivity index (χ0n) is 14.3. The Balaban J connectivity index is 1.63. The van der Waals surface area contributed by atoms with Crippen molar-refractivity contribution in [3.8, 4) is 5.75 Å². The van der Waals surface area contributed by atoms with E-state index in [9.17, 15) is 9.59 Å². The fourth-order valence-electron chi connectivity index (χ4n) is 2.28. The highest BCUT2D eigenvalue weighted by Gasteiger charge is 2.08. The predicted molar refractivity (Wildman–Crippen MR) is 100 cm³/mol. The Morgan fingerprint density at radius 3 is 2.31 bits per heavy atom. The van der Waals surface area contributed by atoms with E-state index in [1.807, 2.05) is 31.2 Å². The molecule has 0 atom stereocenters. The van der Waals surface area contributed by atoms with Crippen molar-refractivity contribution in [1.29, 1.82) is 0 Å². The second-order valence-electron chi connectivity index (χ2n) is 5.76. The summed E-state index contributed by atoms with van der Waals surface area (Å²) in [5.41, 5.74) is 2.99. The second-order valence-corrected chi connectivity index (χ2v) is 5.76. The standard InChI is InChI=1S/C22H17NO3/c1-16-4-9-18(10-5-16)21(24)13-8-17-6-11-20(12-7-17)26-22(25)19-3-2-14-23-15-19/h2-15H,1H3/b13-8+. The molecule has 128 valence electrons. The van der Waals surface area contributed by atoms with Crippen molar-refractivity contribution in [3.05, 3.63) is 101 Å². The maximum absolute atomic E-state index is 12.1. The summed E-state index contributed by atoms with van der Waals surface area (Å²) in [5, 5.41) is 0. The Morgan fingerprint density at radius 1 is 0.923 bits per heavy atom. The first-order valence-electron chi connectivity index (χ1n) is 8.13. The molecule has 2 aromatic carbocycles. The van der Waals surface area contributed by atoms with Crippen LogP contribution in [0.5, 0.6) is 5.75 Å². The molecule has 0 fully saturated rings. The summed E-state index contributed by atoms with van der Waals surface area (Å²) in [4.78, 5) is 28.0. The first-order valence-corrected chi connectivity index (χ1v) is 8.13. The summed E-state index contributed by atoms with van der Waals surface area (Å²) < 4.78 is 5.29. The molecule has 26 heavy (non-hydrogen) atoms. The minimum Gasteiger partial charge on any atom is -0.423 e. The molecule has 1 aromatic heterocycles. The zero-order valence-corrected chi connectivity index (χ0v) is 14.3. The summed E-state index contributed by atoms with van der Waals surface area (Å²) >= 11 is 0. The lowest BCUT2D eigenvalue weighted by Crippen LogP contribution is -2.08. The third-order valence-corrected chi connectivity index (χ3v) is 3.75. The SMILES string of the molecule is Cc1ccc(C(=O)/C=C/c2ccc(OC(=O)c3cccnc3)cc2)cc1. The molecule has 0 saturated heterocycles. The number of carbonyl (C=O) groups is 2. The Kier molecular flexibility index (Phi) is 5.34. The molecule has 0 amide bonds. The van der Waals surface area contributed by atoms with Crippen molar-refractivity contribution >= 4 is 17.8 Å². The third-order valence-electron chi connectivity index (χ3n) is 3.75. The molecule has 0 saturated carbocycles. The van der Waals surface area contributed by atoms with Gasteiger partial charge < -0.3 is 4.74 Å². The number of ketones is 1. The summed E-state index contributed by atoms with van der Waals surface area (Å²) in [6.45, 7) is 1.98. The van der Waals surface area contributed by atoms with Gasteiger partial charge in [0.15, 0.2) is 5.78 Å². The number of esters is 1. The lowest BCUT2D eigenvalue weighted by atomic mass is 10.1. The number of allylic oxidation sites excluding steroid dienone is 1. The van der Waals surface area contributed by atoms with E-state index in [1.165, 1.54) is 12.3 Å². The number of hydrogen-bond acceptors (Lipinski definition) is 4.